The van der Waals surface area contributed by atoms with Crippen molar-refractivity contribution in [2.24, 2.45) is 0 Å². The van der Waals surface area contributed by atoms with Crippen LogP contribution in [-0.4, -0.2) is 29.1 Å². The molecule has 3 aromatic carbocycles. The van der Waals surface area contributed by atoms with Crippen LogP contribution in [0.15, 0.2) is 73.4 Å². The maximum Gasteiger partial charge on any atom is 0.573 e. The van der Waals surface area contributed by atoms with Gasteiger partial charge >= 0.3 is 6.36 Å². The van der Waals surface area contributed by atoms with Crippen molar-refractivity contribution >= 4 is 17.5 Å². The van der Waals surface area contributed by atoms with E-state index >= 15 is 0 Å². The number of carbonyl (C=O) groups is 1. The van der Waals surface area contributed by atoms with Crippen LogP contribution in [0.25, 0.3) is 11.1 Å². The second-order valence-electron chi connectivity index (χ2n) is 8.14. The zero-order chi connectivity index (χ0) is 24.5. The first kappa shape index (κ1) is 23.7. The molecule has 0 saturated heterocycles. The second kappa shape index (κ2) is 9.43. The van der Waals surface area contributed by atoms with Crippen molar-refractivity contribution in [2.45, 2.75) is 26.0 Å². The Morgan fingerprint density at radius 2 is 1.71 bits per heavy atom. The van der Waals surface area contributed by atoms with E-state index in [1.807, 2.05) is 42.3 Å². The molecular weight excluding hydrogens is 465 g/mol. The third-order valence-electron chi connectivity index (χ3n) is 5.60. The lowest BCUT2D eigenvalue weighted by Crippen LogP contribution is -2.23. The summed E-state index contributed by atoms with van der Waals surface area (Å²) < 4.78 is 41.0. The van der Waals surface area contributed by atoms with Gasteiger partial charge in [-0.25, -0.2) is 0 Å². The van der Waals surface area contributed by atoms with E-state index < -0.39 is 6.36 Å². The van der Waals surface area contributed by atoms with Gasteiger partial charge in [0.05, 0.1) is 10.6 Å². The summed E-state index contributed by atoms with van der Waals surface area (Å²) in [6.07, 6.45) is -2.98. The van der Waals surface area contributed by atoms with Crippen molar-refractivity contribution in [1.82, 2.24) is 9.80 Å². The summed E-state index contributed by atoms with van der Waals surface area (Å²) in [4.78, 5) is 16.6. The molecule has 176 valence electrons. The van der Waals surface area contributed by atoms with Crippen LogP contribution in [0.5, 0.6) is 5.75 Å². The molecule has 0 saturated carbocycles. The molecule has 0 fully saturated rings. The number of amides is 1. The predicted molar refractivity (Wildman–Crippen MR) is 125 cm³/mol. The Bertz CT molecular complexity index is 1210. The number of hydrogen-bond acceptors (Lipinski definition) is 3. The number of fused-ring (bicyclic) bond motifs is 1. The summed E-state index contributed by atoms with van der Waals surface area (Å²) in [6, 6.07) is 17.4. The molecule has 4 rings (SSSR count). The molecule has 1 amide bonds. The zero-order valence-electron chi connectivity index (χ0n) is 18.4. The molecule has 34 heavy (non-hydrogen) atoms. The lowest BCUT2D eigenvalue weighted by Gasteiger charge is -2.16. The normalized spacial score (nSPS) is 13.1. The molecule has 0 aromatic heterocycles. The van der Waals surface area contributed by atoms with Crippen molar-refractivity contribution in [2.75, 3.05) is 7.05 Å². The minimum Gasteiger partial charge on any atom is -0.406 e. The number of nitrogens with zero attached hydrogens (tertiary/aromatic N) is 2. The molecule has 3 aromatic rings. The van der Waals surface area contributed by atoms with Crippen LogP contribution in [0.1, 0.15) is 27.0 Å². The third kappa shape index (κ3) is 5.37. The Balaban J connectivity index is 1.49. The van der Waals surface area contributed by atoms with Gasteiger partial charge in [-0.1, -0.05) is 54.6 Å². The Labute approximate surface area is 200 Å². The largest absolute Gasteiger partial charge is 0.573 e. The standard InChI is InChI=1S/C26H22ClF3N2O2/c1-3-31(2)14-17-4-8-19(9-5-17)20-12-21-16-32(25(33)24(21)23(27)13-20)15-18-6-10-22(11-7-18)34-26(28,29)30/h3-13H,1,14-16H2,2H3. The molecule has 1 aliphatic rings. The molecule has 0 spiro atoms. The summed E-state index contributed by atoms with van der Waals surface area (Å²) in [5, 5.41) is 0.379. The number of ether oxygens (including phenoxy) is 1. The van der Waals surface area contributed by atoms with E-state index in [0.717, 1.165) is 28.8 Å². The van der Waals surface area contributed by atoms with Crippen molar-refractivity contribution in [3.8, 4) is 16.9 Å². The zero-order valence-corrected chi connectivity index (χ0v) is 19.2. The van der Waals surface area contributed by atoms with Crippen molar-refractivity contribution in [3.63, 3.8) is 0 Å². The molecule has 0 radical (unpaired) electrons. The summed E-state index contributed by atoms with van der Waals surface area (Å²) in [5.41, 5.74) is 5.02. The third-order valence-corrected chi connectivity index (χ3v) is 5.89. The summed E-state index contributed by atoms with van der Waals surface area (Å²) in [7, 11) is 1.95. The molecule has 0 unspecified atom stereocenters. The molecule has 1 heterocycles. The fourth-order valence-corrected chi connectivity index (χ4v) is 4.25. The molecule has 4 nitrogen and oxygen atoms in total. The lowest BCUT2D eigenvalue weighted by molar-refractivity contribution is -0.274. The van der Waals surface area contributed by atoms with Gasteiger partial charge in [-0.05, 0) is 58.3 Å². The highest BCUT2D eigenvalue weighted by atomic mass is 35.5. The van der Waals surface area contributed by atoms with Crippen molar-refractivity contribution in [3.05, 3.63) is 101 Å². The van der Waals surface area contributed by atoms with Gasteiger partial charge in [0, 0.05) is 26.7 Å². The van der Waals surface area contributed by atoms with E-state index in [0.29, 0.717) is 22.7 Å². The van der Waals surface area contributed by atoms with Gasteiger partial charge in [-0.3, -0.25) is 4.79 Å². The monoisotopic (exact) mass is 486 g/mol. The van der Waals surface area contributed by atoms with Gasteiger partial charge in [0.25, 0.3) is 5.91 Å². The van der Waals surface area contributed by atoms with Gasteiger partial charge in [0.2, 0.25) is 0 Å². The van der Waals surface area contributed by atoms with E-state index in [4.69, 9.17) is 11.6 Å². The van der Waals surface area contributed by atoms with Crippen LogP contribution >= 0.6 is 11.6 Å². The summed E-state index contributed by atoms with van der Waals surface area (Å²) in [6.45, 7) is 5.12. The first-order valence-corrected chi connectivity index (χ1v) is 10.9. The number of rotatable bonds is 7. The number of carbonyl (C=O) groups excluding carboxylic acids is 1. The van der Waals surface area contributed by atoms with E-state index in [9.17, 15) is 18.0 Å². The minimum atomic E-state index is -4.75. The van der Waals surface area contributed by atoms with Crippen LogP contribution in [-0.2, 0) is 19.6 Å². The molecule has 0 atom stereocenters. The number of alkyl halides is 3. The molecule has 1 aliphatic heterocycles. The SMILES string of the molecule is C=CN(C)Cc1ccc(-c2cc(Cl)c3c(c2)CN(Cc2ccc(OC(F)(F)F)cc2)C3=O)cc1. The maximum atomic E-state index is 13.0. The Morgan fingerprint density at radius 1 is 1.06 bits per heavy atom. The second-order valence-corrected chi connectivity index (χ2v) is 8.55. The Morgan fingerprint density at radius 3 is 2.32 bits per heavy atom. The first-order valence-electron chi connectivity index (χ1n) is 10.5. The smallest absolute Gasteiger partial charge is 0.406 e. The topological polar surface area (TPSA) is 32.8 Å². The summed E-state index contributed by atoms with van der Waals surface area (Å²) >= 11 is 6.50. The molecule has 0 N–H and O–H groups in total. The molecule has 0 aliphatic carbocycles. The first-order chi connectivity index (χ1) is 16.1. The average molecular weight is 487 g/mol. The van der Waals surface area contributed by atoms with Crippen LogP contribution in [0.3, 0.4) is 0 Å². The highest BCUT2D eigenvalue weighted by Gasteiger charge is 2.32. The number of halogens is 4. The maximum absolute atomic E-state index is 13.0. The van der Waals surface area contributed by atoms with Crippen molar-refractivity contribution in [1.29, 1.82) is 0 Å². The van der Waals surface area contributed by atoms with Crippen LogP contribution in [0.4, 0.5) is 13.2 Å². The van der Waals surface area contributed by atoms with E-state index in [-0.39, 0.29) is 18.2 Å². The summed E-state index contributed by atoms with van der Waals surface area (Å²) in [5.74, 6) is -0.507. The lowest BCUT2D eigenvalue weighted by atomic mass is 9.99. The minimum absolute atomic E-state index is 0.204. The fourth-order valence-electron chi connectivity index (χ4n) is 3.93. The quantitative estimate of drug-likeness (QED) is 0.375. The van der Waals surface area contributed by atoms with Gasteiger partial charge < -0.3 is 14.5 Å². The van der Waals surface area contributed by atoms with Gasteiger partial charge in [-0.2, -0.15) is 0 Å². The number of benzene rings is 3. The van der Waals surface area contributed by atoms with Gasteiger partial charge in [0.15, 0.2) is 0 Å². The van der Waals surface area contributed by atoms with Gasteiger partial charge in [0.1, 0.15) is 5.75 Å². The van der Waals surface area contributed by atoms with Crippen LogP contribution in [0.2, 0.25) is 5.02 Å². The average Bonchev–Trinajstić information content (AvgIpc) is 3.10. The molecule has 0 bridgehead atoms. The van der Waals surface area contributed by atoms with E-state index in [1.165, 1.54) is 24.3 Å². The molecule has 8 heteroatoms. The van der Waals surface area contributed by atoms with E-state index in [2.05, 4.69) is 11.3 Å². The Kier molecular flexibility index (Phi) is 6.57. The van der Waals surface area contributed by atoms with Crippen molar-refractivity contribution < 1.29 is 22.7 Å². The predicted octanol–water partition coefficient (Wildman–Crippen LogP) is 6.64. The van der Waals surface area contributed by atoms with Gasteiger partial charge in [-0.15, -0.1) is 13.2 Å². The Hall–Kier alpha value is -3.45. The number of hydrogen-bond donors (Lipinski definition) is 0. The van der Waals surface area contributed by atoms with Crippen LogP contribution < -0.4 is 4.74 Å². The molecular formula is C26H22ClF3N2O2. The highest BCUT2D eigenvalue weighted by molar-refractivity contribution is 6.34. The van der Waals surface area contributed by atoms with E-state index in [1.54, 1.807) is 17.2 Å². The highest BCUT2D eigenvalue weighted by Crippen LogP contribution is 2.35. The van der Waals surface area contributed by atoms with Crippen LogP contribution in [0, 0.1) is 0 Å². The fraction of sp³-hybridized carbons (Fsp3) is 0.192.